The van der Waals surface area contributed by atoms with Crippen molar-refractivity contribution < 1.29 is 29.3 Å². The Morgan fingerprint density at radius 2 is 1.60 bits per heavy atom. The van der Waals surface area contributed by atoms with Gasteiger partial charge in [0.1, 0.15) is 0 Å². The second-order valence-corrected chi connectivity index (χ2v) is 13.1. The first-order chi connectivity index (χ1) is 24.4. The monoisotopic (exact) mass is 693 g/mol. The van der Waals surface area contributed by atoms with E-state index in [-0.39, 0.29) is 31.1 Å². The zero-order valence-electron chi connectivity index (χ0n) is 27.4. The highest BCUT2D eigenvalue weighted by Gasteiger charge is 2.33. The van der Waals surface area contributed by atoms with Gasteiger partial charge in [-0.1, -0.05) is 90.6 Å². The molecule has 1 amide bonds. The van der Waals surface area contributed by atoms with E-state index in [9.17, 15) is 14.7 Å². The number of benzene rings is 4. The fourth-order valence-corrected chi connectivity index (χ4v) is 6.67. The van der Waals surface area contributed by atoms with Gasteiger partial charge >= 0.3 is 5.97 Å². The Labute approximate surface area is 294 Å². The molecule has 1 saturated heterocycles. The number of hydrogen-bond donors (Lipinski definition) is 3. The van der Waals surface area contributed by atoms with Crippen LogP contribution in [0, 0.1) is 0 Å². The number of thioether (sulfide) groups is 1. The fourth-order valence-electron chi connectivity index (χ4n) is 5.77. The van der Waals surface area contributed by atoms with Gasteiger partial charge in [0.05, 0.1) is 24.5 Å². The van der Waals surface area contributed by atoms with Crippen LogP contribution in [0.2, 0.25) is 0 Å². The molecule has 1 fully saturated rings. The third-order valence-electron chi connectivity index (χ3n) is 8.41. The molecular weight excluding hydrogens is 655 g/mol. The quantitative estimate of drug-likeness (QED) is 0.0829. The molecule has 6 rings (SSSR count). The molecule has 0 spiro atoms. The van der Waals surface area contributed by atoms with Crippen molar-refractivity contribution in [2.45, 2.75) is 68.9 Å². The predicted octanol–water partition coefficient (Wildman–Crippen LogP) is 6.42. The van der Waals surface area contributed by atoms with Crippen molar-refractivity contribution >= 4 is 23.6 Å². The number of tetrazole rings is 1. The number of carboxylic acids is 1. The summed E-state index contributed by atoms with van der Waals surface area (Å²) in [7, 11) is 0. The number of carboxylic acid groups (broad SMARTS) is 1. The summed E-state index contributed by atoms with van der Waals surface area (Å²) in [6.07, 6.45) is 0.962. The van der Waals surface area contributed by atoms with Crippen LogP contribution in [0.15, 0.2) is 108 Å². The average molecular weight is 694 g/mol. The summed E-state index contributed by atoms with van der Waals surface area (Å²) in [6.45, 7) is 0.353. The van der Waals surface area contributed by atoms with Gasteiger partial charge in [-0.05, 0) is 75.4 Å². The Kier molecular flexibility index (Phi) is 12.0. The van der Waals surface area contributed by atoms with Gasteiger partial charge in [-0.2, -0.15) is 4.68 Å². The highest BCUT2D eigenvalue weighted by atomic mass is 32.2. The number of carbonyl (C=O) groups is 2. The molecule has 0 unspecified atom stereocenters. The summed E-state index contributed by atoms with van der Waals surface area (Å²) >= 11 is 1.53. The Morgan fingerprint density at radius 1 is 0.840 bits per heavy atom. The number of amides is 1. The van der Waals surface area contributed by atoms with Crippen LogP contribution in [-0.4, -0.2) is 54.2 Å². The number of nitrogens with zero attached hydrogens (tertiary/aromatic N) is 4. The van der Waals surface area contributed by atoms with Crippen LogP contribution < -0.4 is 5.32 Å². The van der Waals surface area contributed by atoms with Gasteiger partial charge in [-0.15, -0.1) is 5.10 Å². The minimum atomic E-state index is -0.848. The maximum atomic E-state index is 12.3. The van der Waals surface area contributed by atoms with Gasteiger partial charge in [0.25, 0.3) is 0 Å². The molecule has 0 saturated carbocycles. The summed E-state index contributed by atoms with van der Waals surface area (Å²) in [6, 6.07) is 33.7. The van der Waals surface area contributed by atoms with Crippen molar-refractivity contribution in [2.24, 2.45) is 0 Å². The summed E-state index contributed by atoms with van der Waals surface area (Å²) in [5.41, 5.74) is 6.53. The molecule has 4 aromatic carbocycles. The number of aliphatic hydroxyl groups is 1. The van der Waals surface area contributed by atoms with E-state index in [1.165, 1.54) is 11.8 Å². The molecule has 5 aromatic rings. The number of rotatable bonds is 15. The third-order valence-corrected chi connectivity index (χ3v) is 9.46. The van der Waals surface area contributed by atoms with E-state index in [0.29, 0.717) is 43.1 Å². The number of para-hydroxylation sites is 1. The molecule has 3 N–H and O–H groups in total. The topological polar surface area (TPSA) is 149 Å². The molecule has 1 aliphatic heterocycles. The van der Waals surface area contributed by atoms with Crippen LogP contribution >= 0.6 is 11.8 Å². The van der Waals surface area contributed by atoms with E-state index in [4.69, 9.17) is 14.6 Å². The van der Waals surface area contributed by atoms with Crippen molar-refractivity contribution in [3.05, 3.63) is 125 Å². The number of aromatic nitrogens is 4. The Hall–Kier alpha value is -4.88. The SMILES string of the molecule is O=C(O)CCCCC(=O)NCc1cccc(-c2cccc([C@H]3O[C@@H](CSc4nnnn4-c4ccccc4)C[C@@H](c4ccc(CO)cc4)O3)c2)c1. The van der Waals surface area contributed by atoms with Crippen molar-refractivity contribution in [3.63, 3.8) is 0 Å². The standard InChI is InChI=1S/C38H39N5O6S/c44-24-26-16-18-28(19-17-26)34-22-33(25-50-38-40-41-42-43(38)32-12-2-1-3-13-32)48-37(49-34)31-11-7-10-30(21-31)29-9-6-8-27(20-29)23-39-35(45)14-4-5-15-36(46)47/h1-3,6-13,16-21,33-34,37,44H,4-5,14-15,22-25H2,(H,39,45)(H,46,47)/t33-,34+,37+/m1/s1. The lowest BCUT2D eigenvalue weighted by Crippen LogP contribution is -2.31. The predicted molar refractivity (Wildman–Crippen MR) is 188 cm³/mol. The zero-order chi connectivity index (χ0) is 34.7. The highest BCUT2D eigenvalue weighted by molar-refractivity contribution is 7.99. The van der Waals surface area contributed by atoms with Crippen LogP contribution in [0.25, 0.3) is 16.8 Å². The summed E-state index contributed by atoms with van der Waals surface area (Å²) in [4.78, 5) is 23.0. The van der Waals surface area contributed by atoms with Gasteiger partial charge in [0, 0.05) is 37.1 Å². The lowest BCUT2D eigenvalue weighted by molar-refractivity contribution is -0.245. The summed E-state index contributed by atoms with van der Waals surface area (Å²) < 4.78 is 14.9. The van der Waals surface area contributed by atoms with Crippen LogP contribution in [0.5, 0.6) is 0 Å². The number of hydrogen-bond acceptors (Lipinski definition) is 9. The first kappa shape index (κ1) is 35.0. The molecule has 12 heteroatoms. The zero-order valence-corrected chi connectivity index (χ0v) is 28.2. The van der Waals surface area contributed by atoms with Gasteiger partial charge in [-0.3, -0.25) is 9.59 Å². The van der Waals surface area contributed by atoms with Crippen LogP contribution in [0.4, 0.5) is 0 Å². The normalized spacial score (nSPS) is 17.3. The molecule has 3 atom stereocenters. The fraction of sp³-hybridized carbons (Fsp3) is 0.289. The molecule has 0 radical (unpaired) electrons. The Morgan fingerprint density at radius 3 is 2.38 bits per heavy atom. The molecular formula is C38H39N5O6S. The van der Waals surface area contributed by atoms with Crippen molar-refractivity contribution in [1.29, 1.82) is 0 Å². The van der Waals surface area contributed by atoms with E-state index < -0.39 is 12.3 Å². The Balaban J connectivity index is 1.16. The third kappa shape index (κ3) is 9.42. The summed E-state index contributed by atoms with van der Waals surface area (Å²) in [5, 5.41) is 34.3. The van der Waals surface area contributed by atoms with E-state index in [1.54, 1.807) is 4.68 Å². The maximum Gasteiger partial charge on any atom is 0.303 e. The molecule has 11 nitrogen and oxygen atoms in total. The first-order valence-electron chi connectivity index (χ1n) is 16.6. The molecule has 1 aromatic heterocycles. The van der Waals surface area contributed by atoms with Crippen LogP contribution in [0.1, 0.15) is 66.8 Å². The van der Waals surface area contributed by atoms with E-state index in [1.807, 2.05) is 97.1 Å². The molecule has 0 aliphatic carbocycles. The molecule has 258 valence electrons. The summed E-state index contributed by atoms with van der Waals surface area (Å²) in [5.74, 6) is -0.344. The Bertz CT molecular complexity index is 1870. The number of unbranched alkanes of at least 4 members (excludes halogenated alkanes) is 1. The van der Waals surface area contributed by atoms with Gasteiger partial charge in [0.2, 0.25) is 11.1 Å². The number of aliphatic hydroxyl groups excluding tert-OH is 1. The average Bonchev–Trinajstić information content (AvgIpc) is 3.64. The number of carbonyl (C=O) groups excluding carboxylic acids is 1. The highest BCUT2D eigenvalue weighted by Crippen LogP contribution is 2.40. The maximum absolute atomic E-state index is 12.3. The largest absolute Gasteiger partial charge is 0.481 e. The first-order valence-corrected chi connectivity index (χ1v) is 17.6. The van der Waals surface area contributed by atoms with E-state index in [2.05, 4.69) is 26.9 Å². The minimum absolute atomic E-state index is 0.0259. The van der Waals surface area contributed by atoms with Gasteiger partial charge in [0.15, 0.2) is 6.29 Å². The lowest BCUT2D eigenvalue weighted by atomic mass is 9.99. The van der Waals surface area contributed by atoms with Crippen molar-refractivity contribution in [3.8, 4) is 16.8 Å². The van der Waals surface area contributed by atoms with Crippen molar-refractivity contribution in [1.82, 2.24) is 25.5 Å². The molecule has 50 heavy (non-hydrogen) atoms. The number of nitrogens with one attached hydrogen (secondary N) is 1. The lowest BCUT2D eigenvalue weighted by Gasteiger charge is -2.36. The van der Waals surface area contributed by atoms with Gasteiger partial charge < -0.3 is 25.0 Å². The van der Waals surface area contributed by atoms with E-state index in [0.717, 1.165) is 39.1 Å². The minimum Gasteiger partial charge on any atom is -0.481 e. The van der Waals surface area contributed by atoms with Crippen LogP contribution in [-0.2, 0) is 32.2 Å². The van der Waals surface area contributed by atoms with Gasteiger partial charge in [-0.25, -0.2) is 0 Å². The van der Waals surface area contributed by atoms with Crippen LogP contribution in [0.3, 0.4) is 0 Å². The van der Waals surface area contributed by atoms with E-state index >= 15 is 0 Å². The second-order valence-electron chi connectivity index (χ2n) is 12.1. The molecule has 0 bridgehead atoms. The number of aliphatic carboxylic acids is 1. The smallest absolute Gasteiger partial charge is 0.303 e. The van der Waals surface area contributed by atoms with Crippen molar-refractivity contribution in [2.75, 3.05) is 5.75 Å². The number of ether oxygens (including phenoxy) is 2. The second kappa shape index (κ2) is 17.2. The molecule has 1 aliphatic rings. The molecule has 2 heterocycles.